The van der Waals surface area contributed by atoms with Crippen LogP contribution >= 0.6 is 0 Å². The number of halogens is 2. The molecule has 1 unspecified atom stereocenters. The van der Waals surface area contributed by atoms with Crippen molar-refractivity contribution in [2.24, 2.45) is 0 Å². The molecule has 0 amide bonds. The van der Waals surface area contributed by atoms with Crippen LogP contribution in [0.3, 0.4) is 0 Å². The minimum Gasteiger partial charge on any atom is -0.384 e. The summed E-state index contributed by atoms with van der Waals surface area (Å²) in [5.74, 6) is -0.522. The Balaban J connectivity index is 0.000000159. The molecule has 0 saturated carbocycles. The summed E-state index contributed by atoms with van der Waals surface area (Å²) in [7, 11) is -0.171. The number of benzene rings is 2. The van der Waals surface area contributed by atoms with Gasteiger partial charge in [0.15, 0.2) is 0 Å². The Kier molecular flexibility index (Phi) is 11.1. The number of aliphatic hydroxyl groups excluding tert-OH is 1. The van der Waals surface area contributed by atoms with E-state index in [4.69, 9.17) is 0 Å². The first-order valence-electron chi connectivity index (χ1n) is 14.4. The Morgan fingerprint density at radius 2 is 1.36 bits per heavy atom. The molecule has 6 rings (SSSR count). The maximum absolute atomic E-state index is 13.3. The molecule has 0 aliphatic rings. The van der Waals surface area contributed by atoms with Crippen molar-refractivity contribution in [1.82, 2.24) is 19.9 Å². The van der Waals surface area contributed by atoms with Crippen molar-refractivity contribution >= 4 is 30.6 Å². The molecule has 5 nitrogen and oxygen atoms in total. The number of hydrogen-bond donors (Lipinski definition) is 3. The average molecular weight is 585 g/mol. The van der Waals surface area contributed by atoms with Crippen molar-refractivity contribution in [1.29, 1.82) is 0 Å². The summed E-state index contributed by atoms with van der Waals surface area (Å²) in [5, 5.41) is 11.9. The summed E-state index contributed by atoms with van der Waals surface area (Å²) in [5.41, 5.74) is 5.31. The molecule has 4 aromatic heterocycles. The van der Waals surface area contributed by atoms with E-state index < -0.39 is 6.10 Å². The van der Waals surface area contributed by atoms with E-state index in [1.807, 2.05) is 24.5 Å². The van der Waals surface area contributed by atoms with Gasteiger partial charge >= 0.3 is 0 Å². The highest BCUT2D eigenvalue weighted by Gasteiger charge is 2.15. The molecule has 3 N–H and O–H groups in total. The first-order valence-corrected chi connectivity index (χ1v) is 16.9. The van der Waals surface area contributed by atoms with Crippen molar-refractivity contribution in [3.05, 3.63) is 132 Å². The maximum Gasteiger partial charge on any atom is 0.123 e. The number of aromatic nitrogens is 4. The SMILES string of the molecule is CC[SiH](CC)CC.Fc1ccc2[nH]cc(Cc3cccnc3)c2c1.OC(c1cccnc1)c1c[nH]c2ccc(F)cc12. The predicted molar refractivity (Wildman–Crippen MR) is 170 cm³/mol. The number of pyridine rings is 2. The van der Waals surface area contributed by atoms with Crippen LogP contribution < -0.4 is 0 Å². The lowest BCUT2D eigenvalue weighted by molar-refractivity contribution is 0.221. The zero-order chi connectivity index (χ0) is 29.9. The lowest BCUT2D eigenvalue weighted by Crippen LogP contribution is -2.04. The quantitative estimate of drug-likeness (QED) is 0.165. The summed E-state index contributed by atoms with van der Waals surface area (Å²) in [4.78, 5) is 14.2. The lowest BCUT2D eigenvalue weighted by Gasteiger charge is -2.09. The van der Waals surface area contributed by atoms with Gasteiger partial charge in [0, 0.05) is 85.3 Å². The van der Waals surface area contributed by atoms with Crippen molar-refractivity contribution in [2.75, 3.05) is 0 Å². The number of rotatable bonds is 7. The van der Waals surface area contributed by atoms with E-state index in [1.54, 1.807) is 55.1 Å². The number of nitrogens with one attached hydrogen (secondary N) is 2. The minimum absolute atomic E-state index is 0.171. The minimum atomic E-state index is -0.811. The van der Waals surface area contributed by atoms with E-state index in [0.29, 0.717) is 16.5 Å². The van der Waals surface area contributed by atoms with E-state index in [9.17, 15) is 13.9 Å². The molecule has 42 heavy (non-hydrogen) atoms. The molecule has 0 spiro atoms. The van der Waals surface area contributed by atoms with Crippen LogP contribution in [0.5, 0.6) is 0 Å². The van der Waals surface area contributed by atoms with Gasteiger partial charge in [-0.15, -0.1) is 0 Å². The molecule has 8 heteroatoms. The largest absolute Gasteiger partial charge is 0.384 e. The Labute approximate surface area is 247 Å². The van der Waals surface area contributed by atoms with Crippen molar-refractivity contribution in [3.63, 3.8) is 0 Å². The van der Waals surface area contributed by atoms with Gasteiger partial charge in [-0.25, -0.2) is 8.78 Å². The van der Waals surface area contributed by atoms with Crippen LogP contribution in [0.1, 0.15) is 49.1 Å². The summed E-state index contributed by atoms with van der Waals surface area (Å²) in [6.45, 7) is 6.97. The second-order valence-corrected chi connectivity index (χ2v) is 14.4. The molecular weight excluding hydrogens is 546 g/mol. The zero-order valence-corrected chi connectivity index (χ0v) is 25.5. The lowest BCUT2D eigenvalue weighted by atomic mass is 10.0. The Morgan fingerprint density at radius 3 is 1.93 bits per heavy atom. The third-order valence-electron chi connectivity index (χ3n) is 7.55. The molecule has 218 valence electrons. The summed E-state index contributed by atoms with van der Waals surface area (Å²) in [6.07, 6.45) is 10.4. The normalized spacial score (nSPS) is 11.6. The molecule has 0 radical (unpaired) electrons. The van der Waals surface area contributed by atoms with E-state index in [2.05, 4.69) is 40.7 Å². The smallest absolute Gasteiger partial charge is 0.123 e. The molecular formula is C34H38F2N4OSi. The van der Waals surface area contributed by atoms with Crippen LogP contribution in [0.25, 0.3) is 21.8 Å². The Morgan fingerprint density at radius 1 is 0.762 bits per heavy atom. The second-order valence-electron chi connectivity index (χ2n) is 10.3. The molecule has 1 atom stereocenters. The third-order valence-corrected chi connectivity index (χ3v) is 11.0. The van der Waals surface area contributed by atoms with Gasteiger partial charge in [0.1, 0.15) is 17.7 Å². The number of fused-ring (bicyclic) bond motifs is 2. The van der Waals surface area contributed by atoms with Crippen LogP contribution in [-0.4, -0.2) is 33.8 Å². The maximum atomic E-state index is 13.3. The van der Waals surface area contributed by atoms with Crippen LogP contribution in [0, 0.1) is 11.6 Å². The molecule has 0 aliphatic heterocycles. The number of hydrogen-bond acceptors (Lipinski definition) is 3. The topological polar surface area (TPSA) is 77.6 Å². The van der Waals surface area contributed by atoms with Crippen LogP contribution in [0.2, 0.25) is 18.1 Å². The van der Waals surface area contributed by atoms with Crippen LogP contribution in [-0.2, 0) is 6.42 Å². The monoisotopic (exact) mass is 584 g/mol. The van der Waals surface area contributed by atoms with Gasteiger partial charge in [-0.2, -0.15) is 0 Å². The number of nitrogens with zero attached hydrogens (tertiary/aromatic N) is 2. The number of aliphatic hydroxyl groups is 1. The van der Waals surface area contributed by atoms with Crippen molar-refractivity contribution in [2.45, 2.75) is 51.4 Å². The molecule has 0 saturated heterocycles. The van der Waals surface area contributed by atoms with Gasteiger partial charge in [0.2, 0.25) is 0 Å². The van der Waals surface area contributed by atoms with Crippen molar-refractivity contribution in [3.8, 4) is 0 Å². The standard InChI is InChI=1S/C14H11FN2O.C14H11FN2.C6H16Si/c15-10-3-4-13-11(6-10)12(8-17-13)14(18)9-2-1-5-16-7-9;15-12-3-4-14-13(7-12)11(9-17-14)6-10-2-1-5-16-8-10;1-4-7(5-2)6-3/h1-8,14,17-18H;1-5,7-9,17H,6H2;7H,4-6H2,1-3H3. The molecule has 6 aromatic rings. The average Bonchev–Trinajstić information content (AvgIpc) is 3.63. The fourth-order valence-corrected chi connectivity index (χ4v) is 6.68. The zero-order valence-electron chi connectivity index (χ0n) is 24.3. The highest BCUT2D eigenvalue weighted by molar-refractivity contribution is 6.58. The number of aromatic amines is 2. The molecule has 0 bridgehead atoms. The van der Waals surface area contributed by atoms with Crippen molar-refractivity contribution < 1.29 is 13.9 Å². The van der Waals surface area contributed by atoms with Crippen LogP contribution in [0.4, 0.5) is 8.78 Å². The van der Waals surface area contributed by atoms with Gasteiger partial charge < -0.3 is 15.1 Å². The first kappa shape index (κ1) is 30.8. The fraction of sp³-hybridized carbons (Fsp3) is 0.235. The van der Waals surface area contributed by atoms with Gasteiger partial charge in [0.05, 0.1) is 0 Å². The van der Waals surface area contributed by atoms with Gasteiger partial charge in [-0.3, -0.25) is 9.97 Å². The molecule has 4 heterocycles. The second kappa shape index (κ2) is 15.2. The van der Waals surface area contributed by atoms with E-state index in [1.165, 1.54) is 36.3 Å². The molecule has 0 aliphatic carbocycles. The molecule has 0 fully saturated rings. The van der Waals surface area contributed by atoms with Gasteiger partial charge in [-0.05, 0) is 59.7 Å². The summed E-state index contributed by atoms with van der Waals surface area (Å²) in [6, 6.07) is 21.2. The van der Waals surface area contributed by atoms with E-state index in [-0.39, 0.29) is 20.4 Å². The van der Waals surface area contributed by atoms with E-state index >= 15 is 0 Å². The molecule has 2 aromatic carbocycles. The fourth-order valence-electron chi connectivity index (χ4n) is 4.94. The third kappa shape index (κ3) is 7.99. The first-order chi connectivity index (χ1) is 20.4. The van der Waals surface area contributed by atoms with Crippen LogP contribution in [0.15, 0.2) is 97.8 Å². The van der Waals surface area contributed by atoms with E-state index in [0.717, 1.165) is 34.0 Å². The van der Waals surface area contributed by atoms with Gasteiger partial charge in [-0.1, -0.05) is 51.0 Å². The summed E-state index contributed by atoms with van der Waals surface area (Å²) < 4.78 is 26.5. The highest BCUT2D eigenvalue weighted by atomic mass is 28.3. The number of H-pyrrole nitrogens is 2. The van der Waals surface area contributed by atoms with Gasteiger partial charge in [0.25, 0.3) is 0 Å². The summed E-state index contributed by atoms with van der Waals surface area (Å²) >= 11 is 0. The Hall–Kier alpha value is -4.14. The Bertz CT molecular complexity index is 1660. The predicted octanol–water partition coefficient (Wildman–Crippen LogP) is 8.35. The highest BCUT2D eigenvalue weighted by Crippen LogP contribution is 2.29.